The van der Waals surface area contributed by atoms with Gasteiger partial charge in [0.25, 0.3) is 0 Å². The van der Waals surface area contributed by atoms with Crippen LogP contribution in [0.3, 0.4) is 0 Å². The molecule has 0 saturated heterocycles. The lowest BCUT2D eigenvalue weighted by molar-refractivity contribution is -0.174. The van der Waals surface area contributed by atoms with Gasteiger partial charge in [0.05, 0.1) is 13.0 Å². The van der Waals surface area contributed by atoms with Crippen LogP contribution >= 0.6 is 0 Å². The van der Waals surface area contributed by atoms with Gasteiger partial charge in [-0.05, 0) is 13.3 Å². The fourth-order valence-electron chi connectivity index (χ4n) is 1.15. The zero-order valence-corrected chi connectivity index (χ0v) is 8.70. The van der Waals surface area contributed by atoms with Crippen molar-refractivity contribution in [2.45, 2.75) is 32.3 Å². The van der Waals surface area contributed by atoms with E-state index in [1.54, 1.807) is 13.8 Å². The second-order valence-corrected chi connectivity index (χ2v) is 2.84. The minimum absolute atomic E-state index is 0.212. The van der Waals surface area contributed by atoms with Crippen molar-refractivity contribution in [3.8, 4) is 0 Å². The first kappa shape index (κ1) is 12.9. The number of ether oxygens (including phenoxy) is 2. The summed E-state index contributed by atoms with van der Waals surface area (Å²) >= 11 is 0. The van der Waals surface area contributed by atoms with Crippen LogP contribution in [0.25, 0.3) is 0 Å². The maximum absolute atomic E-state index is 11.5. The van der Waals surface area contributed by atoms with Gasteiger partial charge in [-0.1, -0.05) is 6.92 Å². The van der Waals surface area contributed by atoms with E-state index in [2.05, 4.69) is 0 Å². The number of aliphatic carboxylic acids is 1. The lowest BCUT2D eigenvalue weighted by atomic mass is 9.96. The summed E-state index contributed by atoms with van der Waals surface area (Å²) in [4.78, 5) is 22.0. The van der Waals surface area contributed by atoms with Gasteiger partial charge in [-0.15, -0.1) is 0 Å². The molecular formula is C9H16O5. The fourth-order valence-corrected chi connectivity index (χ4v) is 1.15. The summed E-state index contributed by atoms with van der Waals surface area (Å²) in [6.07, 6.45) is -0.104. The fraction of sp³-hybridized carbons (Fsp3) is 0.778. The van der Waals surface area contributed by atoms with E-state index < -0.39 is 17.5 Å². The van der Waals surface area contributed by atoms with E-state index in [0.29, 0.717) is 0 Å². The van der Waals surface area contributed by atoms with Crippen LogP contribution in [0.4, 0.5) is 0 Å². The van der Waals surface area contributed by atoms with Crippen molar-refractivity contribution < 1.29 is 24.2 Å². The van der Waals surface area contributed by atoms with E-state index in [-0.39, 0.29) is 19.4 Å². The summed E-state index contributed by atoms with van der Waals surface area (Å²) < 4.78 is 9.72. The minimum atomic E-state index is -1.35. The molecule has 0 rings (SSSR count). The summed E-state index contributed by atoms with van der Waals surface area (Å²) in [5.41, 5.74) is -1.35. The number of rotatable bonds is 6. The van der Waals surface area contributed by atoms with Gasteiger partial charge in [-0.3, -0.25) is 4.79 Å². The highest BCUT2D eigenvalue weighted by atomic mass is 16.6. The highest BCUT2D eigenvalue weighted by Gasteiger charge is 2.40. The molecule has 0 aromatic heterocycles. The van der Waals surface area contributed by atoms with Gasteiger partial charge in [0.2, 0.25) is 0 Å². The maximum Gasteiger partial charge on any atom is 0.338 e. The van der Waals surface area contributed by atoms with E-state index in [1.807, 2.05) is 0 Å². The first-order valence-electron chi connectivity index (χ1n) is 4.46. The summed E-state index contributed by atoms with van der Waals surface area (Å²) in [5.74, 6) is -1.70. The van der Waals surface area contributed by atoms with E-state index in [0.717, 1.165) is 0 Å². The SMILES string of the molecule is CCOC(=O)C(CC)(CC(=O)O)OC. The van der Waals surface area contributed by atoms with Crippen LogP contribution in [-0.2, 0) is 19.1 Å². The quantitative estimate of drug-likeness (QED) is 0.648. The molecule has 0 aromatic rings. The molecular weight excluding hydrogens is 188 g/mol. The maximum atomic E-state index is 11.5. The average Bonchev–Trinajstić information content (AvgIpc) is 2.14. The van der Waals surface area contributed by atoms with Crippen LogP contribution in [0.15, 0.2) is 0 Å². The predicted octanol–water partition coefficient (Wildman–Crippen LogP) is 0.819. The van der Waals surface area contributed by atoms with E-state index in [9.17, 15) is 9.59 Å². The first-order valence-corrected chi connectivity index (χ1v) is 4.46. The molecule has 14 heavy (non-hydrogen) atoms. The van der Waals surface area contributed by atoms with E-state index >= 15 is 0 Å². The smallest absolute Gasteiger partial charge is 0.338 e. The van der Waals surface area contributed by atoms with Crippen molar-refractivity contribution in [2.24, 2.45) is 0 Å². The van der Waals surface area contributed by atoms with Crippen molar-refractivity contribution in [3.63, 3.8) is 0 Å². The van der Waals surface area contributed by atoms with Gasteiger partial charge in [-0.2, -0.15) is 0 Å². The Bertz CT molecular complexity index is 207. The Labute approximate surface area is 83.0 Å². The van der Waals surface area contributed by atoms with Gasteiger partial charge in [0, 0.05) is 7.11 Å². The molecule has 1 N–H and O–H groups in total. The molecule has 0 aliphatic heterocycles. The summed E-state index contributed by atoms with van der Waals surface area (Å²) in [7, 11) is 1.31. The normalized spacial score (nSPS) is 14.5. The number of hydrogen-bond acceptors (Lipinski definition) is 4. The zero-order chi connectivity index (χ0) is 11.2. The van der Waals surface area contributed by atoms with Gasteiger partial charge in [0.1, 0.15) is 0 Å². The van der Waals surface area contributed by atoms with Crippen LogP contribution in [0.1, 0.15) is 26.7 Å². The number of carbonyl (C=O) groups excluding carboxylic acids is 1. The third kappa shape index (κ3) is 2.99. The van der Waals surface area contributed by atoms with Crippen molar-refractivity contribution in [2.75, 3.05) is 13.7 Å². The number of esters is 1. The van der Waals surface area contributed by atoms with Crippen LogP contribution in [0.5, 0.6) is 0 Å². The van der Waals surface area contributed by atoms with E-state index in [4.69, 9.17) is 14.6 Å². The van der Waals surface area contributed by atoms with Gasteiger partial charge >= 0.3 is 11.9 Å². The average molecular weight is 204 g/mol. The monoisotopic (exact) mass is 204 g/mol. The standard InChI is InChI=1S/C9H16O5/c1-4-9(13-3,6-7(10)11)8(12)14-5-2/h4-6H2,1-3H3,(H,10,11). The number of hydrogen-bond donors (Lipinski definition) is 1. The second-order valence-electron chi connectivity index (χ2n) is 2.84. The first-order chi connectivity index (χ1) is 6.52. The third-order valence-electron chi connectivity index (χ3n) is 2.05. The highest BCUT2D eigenvalue weighted by Crippen LogP contribution is 2.21. The minimum Gasteiger partial charge on any atom is -0.481 e. The Morgan fingerprint density at radius 3 is 2.21 bits per heavy atom. The van der Waals surface area contributed by atoms with Crippen LogP contribution < -0.4 is 0 Å². The van der Waals surface area contributed by atoms with Crippen molar-refractivity contribution >= 4 is 11.9 Å². The lowest BCUT2D eigenvalue weighted by Gasteiger charge is -2.26. The van der Waals surface area contributed by atoms with Gasteiger partial charge in [0.15, 0.2) is 5.60 Å². The molecule has 0 saturated carbocycles. The molecule has 0 heterocycles. The molecule has 0 spiro atoms. The number of carboxylic acid groups (broad SMARTS) is 1. The number of carbonyl (C=O) groups is 2. The predicted molar refractivity (Wildman–Crippen MR) is 48.9 cm³/mol. The molecule has 1 atom stereocenters. The Kier molecular flexibility index (Phi) is 5.15. The second kappa shape index (κ2) is 5.59. The van der Waals surface area contributed by atoms with Crippen LogP contribution in [0.2, 0.25) is 0 Å². The molecule has 0 aliphatic carbocycles. The molecule has 0 fully saturated rings. The molecule has 82 valence electrons. The summed E-state index contributed by atoms with van der Waals surface area (Å²) in [6.45, 7) is 3.56. The molecule has 0 aliphatic rings. The summed E-state index contributed by atoms with van der Waals surface area (Å²) in [5, 5.41) is 8.64. The number of methoxy groups -OCH3 is 1. The van der Waals surface area contributed by atoms with Crippen molar-refractivity contribution in [1.82, 2.24) is 0 Å². The highest BCUT2D eigenvalue weighted by molar-refractivity contribution is 5.85. The van der Waals surface area contributed by atoms with Gasteiger partial charge in [-0.25, -0.2) is 4.79 Å². The Hall–Kier alpha value is -1.10. The molecule has 0 radical (unpaired) electrons. The Morgan fingerprint density at radius 2 is 1.93 bits per heavy atom. The van der Waals surface area contributed by atoms with Gasteiger partial charge < -0.3 is 14.6 Å². The molecule has 0 bridgehead atoms. The van der Waals surface area contributed by atoms with E-state index in [1.165, 1.54) is 7.11 Å². The topological polar surface area (TPSA) is 72.8 Å². The largest absolute Gasteiger partial charge is 0.481 e. The van der Waals surface area contributed by atoms with Crippen LogP contribution in [0, 0.1) is 0 Å². The zero-order valence-electron chi connectivity index (χ0n) is 8.70. The molecule has 0 amide bonds. The number of carboxylic acids is 1. The molecule has 5 nitrogen and oxygen atoms in total. The molecule has 0 aromatic carbocycles. The third-order valence-corrected chi connectivity index (χ3v) is 2.05. The van der Waals surface area contributed by atoms with Crippen molar-refractivity contribution in [3.05, 3.63) is 0 Å². The summed E-state index contributed by atoms with van der Waals surface area (Å²) in [6, 6.07) is 0. The molecule has 1 unspecified atom stereocenters. The Morgan fingerprint density at radius 1 is 1.36 bits per heavy atom. The lowest BCUT2D eigenvalue weighted by Crippen LogP contribution is -2.43. The van der Waals surface area contributed by atoms with Crippen LogP contribution in [-0.4, -0.2) is 36.4 Å². The molecule has 5 heteroatoms. The Balaban J connectivity index is 4.67. The van der Waals surface area contributed by atoms with Crippen molar-refractivity contribution in [1.29, 1.82) is 0 Å².